The molecule has 14 heavy (non-hydrogen) atoms. The van der Waals surface area contributed by atoms with Crippen molar-refractivity contribution < 1.29 is 9.53 Å². The van der Waals surface area contributed by atoms with Gasteiger partial charge in [-0.15, -0.1) is 0 Å². The van der Waals surface area contributed by atoms with Crippen LogP contribution in [0.5, 0.6) is 0 Å². The summed E-state index contributed by atoms with van der Waals surface area (Å²) >= 11 is 0. The van der Waals surface area contributed by atoms with E-state index in [9.17, 15) is 4.79 Å². The van der Waals surface area contributed by atoms with Crippen LogP contribution in [0, 0.1) is 11.3 Å². The number of ether oxygens (including phenoxy) is 1. The lowest BCUT2D eigenvalue weighted by atomic mass is 9.77. The molecule has 1 saturated carbocycles. The van der Waals surface area contributed by atoms with Gasteiger partial charge in [-0.2, -0.15) is 5.26 Å². The summed E-state index contributed by atoms with van der Waals surface area (Å²) in [5.74, 6) is -0.0967. The van der Waals surface area contributed by atoms with E-state index in [4.69, 9.17) is 10.00 Å². The van der Waals surface area contributed by atoms with Crippen molar-refractivity contribution >= 4 is 5.91 Å². The molecule has 0 radical (unpaired) electrons. The van der Waals surface area contributed by atoms with E-state index >= 15 is 0 Å². The predicted molar refractivity (Wildman–Crippen MR) is 51.4 cm³/mol. The zero-order valence-electron chi connectivity index (χ0n) is 8.67. The molecule has 1 aliphatic carbocycles. The second-order valence-electron chi connectivity index (χ2n) is 3.84. The molecule has 0 spiro atoms. The van der Waals surface area contributed by atoms with Gasteiger partial charge in [-0.1, -0.05) is 0 Å². The van der Waals surface area contributed by atoms with E-state index in [1.54, 1.807) is 14.0 Å². The number of carbonyl (C=O) groups excluding carboxylic acids is 1. The Morgan fingerprint density at radius 1 is 1.71 bits per heavy atom. The van der Waals surface area contributed by atoms with Crippen LogP contribution in [0.3, 0.4) is 0 Å². The molecule has 1 atom stereocenters. The molecular weight excluding hydrogens is 180 g/mol. The molecule has 0 saturated heterocycles. The normalized spacial score (nSPS) is 20.4. The first-order valence-corrected chi connectivity index (χ1v) is 4.86. The van der Waals surface area contributed by atoms with Crippen molar-refractivity contribution in [2.45, 2.75) is 44.2 Å². The third-order valence-corrected chi connectivity index (χ3v) is 2.75. The summed E-state index contributed by atoms with van der Waals surface area (Å²) in [5.41, 5.74) is -0.251. The molecule has 0 bridgehead atoms. The van der Waals surface area contributed by atoms with Gasteiger partial charge < -0.3 is 10.1 Å². The Balaban J connectivity index is 2.37. The molecule has 4 heteroatoms. The number of nitriles is 1. The van der Waals surface area contributed by atoms with E-state index in [2.05, 4.69) is 5.32 Å². The van der Waals surface area contributed by atoms with Gasteiger partial charge in [0, 0.05) is 7.11 Å². The van der Waals surface area contributed by atoms with E-state index in [0.717, 1.165) is 19.3 Å². The fraction of sp³-hybridized carbons (Fsp3) is 0.800. The van der Waals surface area contributed by atoms with Crippen molar-refractivity contribution in [2.24, 2.45) is 0 Å². The van der Waals surface area contributed by atoms with Crippen molar-refractivity contribution in [1.29, 1.82) is 5.26 Å². The average molecular weight is 196 g/mol. The first-order valence-electron chi connectivity index (χ1n) is 4.86. The largest absolute Gasteiger partial charge is 0.378 e. The fourth-order valence-corrected chi connectivity index (χ4v) is 1.64. The van der Waals surface area contributed by atoms with Crippen molar-refractivity contribution in [1.82, 2.24) is 5.32 Å². The molecule has 1 unspecified atom stereocenters. The minimum absolute atomic E-state index is 0.0967. The van der Waals surface area contributed by atoms with Gasteiger partial charge in [0.2, 0.25) is 5.91 Å². The molecule has 0 aromatic rings. The highest BCUT2D eigenvalue weighted by molar-refractivity contribution is 5.77. The van der Waals surface area contributed by atoms with Crippen LogP contribution in [0.2, 0.25) is 0 Å². The summed E-state index contributed by atoms with van der Waals surface area (Å²) < 4.78 is 5.32. The van der Waals surface area contributed by atoms with Crippen molar-refractivity contribution in [3.05, 3.63) is 0 Å². The number of amides is 1. The highest BCUT2D eigenvalue weighted by Crippen LogP contribution is 2.37. The summed E-state index contributed by atoms with van der Waals surface area (Å²) in [6.07, 6.45) is 3.38. The standard InChI is InChI=1S/C10H16N2O2/c1-8(7-11)12-9(13)6-10(14-2)4-3-5-10/h8H,3-6H2,1-2H3,(H,12,13). The molecule has 0 aromatic heterocycles. The van der Waals surface area contributed by atoms with E-state index < -0.39 is 6.04 Å². The van der Waals surface area contributed by atoms with Gasteiger partial charge in [-0.05, 0) is 26.2 Å². The van der Waals surface area contributed by atoms with Crippen LogP contribution in [-0.4, -0.2) is 24.7 Å². The molecule has 1 fully saturated rings. The Morgan fingerprint density at radius 2 is 2.36 bits per heavy atom. The number of nitrogens with one attached hydrogen (secondary N) is 1. The average Bonchev–Trinajstić information content (AvgIpc) is 2.11. The molecule has 78 valence electrons. The van der Waals surface area contributed by atoms with Crippen LogP contribution in [0.15, 0.2) is 0 Å². The Bertz CT molecular complexity index is 248. The summed E-state index contributed by atoms with van der Waals surface area (Å²) in [4.78, 5) is 11.4. The SMILES string of the molecule is COC1(CC(=O)NC(C)C#N)CCC1. The van der Waals surface area contributed by atoms with Crippen LogP contribution in [0.1, 0.15) is 32.6 Å². The van der Waals surface area contributed by atoms with Crippen LogP contribution in [-0.2, 0) is 9.53 Å². The molecule has 1 aliphatic rings. The van der Waals surface area contributed by atoms with Crippen LogP contribution >= 0.6 is 0 Å². The smallest absolute Gasteiger partial charge is 0.223 e. The number of methoxy groups -OCH3 is 1. The summed E-state index contributed by atoms with van der Waals surface area (Å²) in [6, 6.07) is 1.54. The molecule has 4 nitrogen and oxygen atoms in total. The van der Waals surface area contributed by atoms with Crippen LogP contribution < -0.4 is 5.32 Å². The van der Waals surface area contributed by atoms with Crippen molar-refractivity contribution in [2.75, 3.05) is 7.11 Å². The van der Waals surface area contributed by atoms with Crippen molar-refractivity contribution in [3.63, 3.8) is 0 Å². The topological polar surface area (TPSA) is 62.1 Å². The lowest BCUT2D eigenvalue weighted by molar-refractivity contribution is -0.134. The first-order chi connectivity index (χ1) is 6.62. The zero-order valence-corrected chi connectivity index (χ0v) is 8.67. The zero-order chi connectivity index (χ0) is 10.6. The maximum atomic E-state index is 11.4. The Morgan fingerprint density at radius 3 is 2.71 bits per heavy atom. The molecule has 1 amide bonds. The minimum atomic E-state index is -0.420. The number of rotatable bonds is 4. The number of nitrogens with zero attached hydrogens (tertiary/aromatic N) is 1. The monoisotopic (exact) mass is 196 g/mol. The first kappa shape index (κ1) is 11.0. The number of hydrogen-bond acceptors (Lipinski definition) is 3. The van der Waals surface area contributed by atoms with Gasteiger partial charge in [0.05, 0.1) is 18.1 Å². The van der Waals surface area contributed by atoms with Gasteiger partial charge in [0.15, 0.2) is 0 Å². The van der Waals surface area contributed by atoms with E-state index in [0.29, 0.717) is 6.42 Å². The number of hydrogen-bond donors (Lipinski definition) is 1. The highest BCUT2D eigenvalue weighted by atomic mass is 16.5. The fourth-order valence-electron chi connectivity index (χ4n) is 1.64. The van der Waals surface area contributed by atoms with Gasteiger partial charge in [0.1, 0.15) is 6.04 Å². The maximum Gasteiger partial charge on any atom is 0.223 e. The number of carbonyl (C=O) groups is 1. The third-order valence-electron chi connectivity index (χ3n) is 2.75. The Kier molecular flexibility index (Phi) is 3.48. The second kappa shape index (κ2) is 4.43. The molecule has 1 N–H and O–H groups in total. The van der Waals surface area contributed by atoms with Gasteiger partial charge in [0.25, 0.3) is 0 Å². The van der Waals surface area contributed by atoms with Crippen LogP contribution in [0.4, 0.5) is 0 Å². The quantitative estimate of drug-likeness (QED) is 0.728. The van der Waals surface area contributed by atoms with E-state index in [-0.39, 0.29) is 11.5 Å². The van der Waals surface area contributed by atoms with Crippen LogP contribution in [0.25, 0.3) is 0 Å². The maximum absolute atomic E-state index is 11.4. The summed E-state index contributed by atoms with van der Waals surface area (Å²) in [6.45, 7) is 1.66. The van der Waals surface area contributed by atoms with Gasteiger partial charge in [-0.3, -0.25) is 4.79 Å². The van der Waals surface area contributed by atoms with Crippen molar-refractivity contribution in [3.8, 4) is 6.07 Å². The summed E-state index contributed by atoms with van der Waals surface area (Å²) in [7, 11) is 1.64. The molecule has 0 heterocycles. The summed E-state index contributed by atoms with van der Waals surface area (Å²) in [5, 5.41) is 11.1. The minimum Gasteiger partial charge on any atom is -0.378 e. The molecule has 0 aliphatic heterocycles. The molecule has 1 rings (SSSR count). The molecule has 0 aromatic carbocycles. The Labute approximate surface area is 84.2 Å². The van der Waals surface area contributed by atoms with E-state index in [1.165, 1.54) is 0 Å². The highest BCUT2D eigenvalue weighted by Gasteiger charge is 2.39. The lowest BCUT2D eigenvalue weighted by Gasteiger charge is -2.40. The third kappa shape index (κ3) is 2.46. The van der Waals surface area contributed by atoms with Gasteiger partial charge >= 0.3 is 0 Å². The second-order valence-corrected chi connectivity index (χ2v) is 3.84. The predicted octanol–water partition coefficient (Wildman–Crippen LogP) is 0.974. The van der Waals surface area contributed by atoms with Gasteiger partial charge in [-0.25, -0.2) is 0 Å². The lowest BCUT2D eigenvalue weighted by Crippen LogP contribution is -2.45. The molecular formula is C10H16N2O2. The Hall–Kier alpha value is -1.08. The van der Waals surface area contributed by atoms with E-state index in [1.807, 2.05) is 6.07 Å².